The van der Waals surface area contributed by atoms with Crippen LogP contribution in [0.25, 0.3) is 0 Å². The summed E-state index contributed by atoms with van der Waals surface area (Å²) in [5.41, 5.74) is 5.96. The zero-order valence-electron chi connectivity index (χ0n) is 10.8. The van der Waals surface area contributed by atoms with Gasteiger partial charge in [-0.1, -0.05) is 15.9 Å². The van der Waals surface area contributed by atoms with E-state index < -0.39 is 0 Å². The number of hydrogen-bond acceptors (Lipinski definition) is 3. The van der Waals surface area contributed by atoms with Crippen LogP contribution < -0.4 is 10.5 Å². The van der Waals surface area contributed by atoms with Crippen LogP contribution in [0.3, 0.4) is 0 Å². The average Bonchev–Trinajstić information content (AvgIpc) is 2.34. The maximum absolute atomic E-state index is 5.96. The van der Waals surface area contributed by atoms with Crippen molar-refractivity contribution in [1.29, 1.82) is 0 Å². The van der Waals surface area contributed by atoms with Crippen LogP contribution in [-0.2, 0) is 0 Å². The molecule has 1 heterocycles. The van der Waals surface area contributed by atoms with E-state index in [9.17, 15) is 0 Å². The van der Waals surface area contributed by atoms with E-state index in [0.29, 0.717) is 12.1 Å². The summed E-state index contributed by atoms with van der Waals surface area (Å²) in [4.78, 5) is 2.46. The molecule has 1 aliphatic heterocycles. The molecule has 0 bridgehead atoms. The van der Waals surface area contributed by atoms with Crippen molar-refractivity contribution >= 4 is 15.9 Å². The van der Waals surface area contributed by atoms with Gasteiger partial charge in [0.05, 0.1) is 0 Å². The first kappa shape index (κ1) is 13.8. The van der Waals surface area contributed by atoms with Crippen molar-refractivity contribution in [1.82, 2.24) is 4.90 Å². The number of ether oxygens (including phenoxy) is 1. The Balaban J connectivity index is 1.73. The van der Waals surface area contributed by atoms with Gasteiger partial charge in [-0.2, -0.15) is 0 Å². The first-order valence-corrected chi connectivity index (χ1v) is 7.32. The largest absolute Gasteiger partial charge is 0.492 e. The number of nitrogens with zero attached hydrogens (tertiary/aromatic N) is 1. The quantitative estimate of drug-likeness (QED) is 0.929. The average molecular weight is 313 g/mol. The first-order valence-electron chi connectivity index (χ1n) is 6.53. The molecule has 0 aromatic heterocycles. The Kier molecular flexibility index (Phi) is 5.03. The molecule has 1 saturated heterocycles. The van der Waals surface area contributed by atoms with Gasteiger partial charge in [0.1, 0.15) is 12.4 Å². The maximum atomic E-state index is 5.96. The number of halogens is 1. The lowest BCUT2D eigenvalue weighted by molar-refractivity contribution is 0.123. The summed E-state index contributed by atoms with van der Waals surface area (Å²) in [6.45, 7) is 5.05. The molecule has 2 N–H and O–H groups in total. The van der Waals surface area contributed by atoms with Crippen LogP contribution >= 0.6 is 15.9 Å². The molecule has 0 amide bonds. The van der Waals surface area contributed by atoms with E-state index in [1.165, 1.54) is 0 Å². The van der Waals surface area contributed by atoms with E-state index in [2.05, 4.69) is 27.8 Å². The van der Waals surface area contributed by atoms with E-state index >= 15 is 0 Å². The molecule has 0 spiro atoms. The lowest BCUT2D eigenvalue weighted by atomic mass is 9.99. The molecular formula is C14H21BrN2O. The number of piperidine rings is 1. The minimum atomic E-state index is 0.378. The summed E-state index contributed by atoms with van der Waals surface area (Å²) in [6.07, 6.45) is 2.20. The van der Waals surface area contributed by atoms with E-state index in [-0.39, 0.29) is 0 Å². The van der Waals surface area contributed by atoms with Crippen LogP contribution in [-0.4, -0.2) is 36.7 Å². The van der Waals surface area contributed by atoms with E-state index in [1.807, 2.05) is 24.3 Å². The fourth-order valence-electron chi connectivity index (χ4n) is 2.40. The van der Waals surface area contributed by atoms with Gasteiger partial charge < -0.3 is 10.5 Å². The molecule has 2 unspecified atom stereocenters. The predicted octanol–water partition coefficient (Wildman–Crippen LogP) is 2.64. The van der Waals surface area contributed by atoms with Gasteiger partial charge in [0.25, 0.3) is 0 Å². The highest BCUT2D eigenvalue weighted by atomic mass is 79.9. The molecule has 3 nitrogen and oxygen atoms in total. The highest BCUT2D eigenvalue weighted by Gasteiger charge is 2.22. The molecule has 1 aliphatic rings. The Morgan fingerprint density at radius 3 is 2.78 bits per heavy atom. The highest BCUT2D eigenvalue weighted by molar-refractivity contribution is 9.10. The van der Waals surface area contributed by atoms with Gasteiger partial charge in [-0.3, -0.25) is 4.90 Å². The summed E-state index contributed by atoms with van der Waals surface area (Å²) in [5, 5.41) is 0. The zero-order chi connectivity index (χ0) is 13.0. The van der Waals surface area contributed by atoms with Crippen LogP contribution in [0.5, 0.6) is 5.75 Å². The SMILES string of the molecule is CC1CC(N)CCN1CCOc1ccc(Br)cc1. The fourth-order valence-corrected chi connectivity index (χ4v) is 2.67. The highest BCUT2D eigenvalue weighted by Crippen LogP contribution is 2.17. The van der Waals surface area contributed by atoms with Gasteiger partial charge >= 0.3 is 0 Å². The van der Waals surface area contributed by atoms with Gasteiger partial charge in [0, 0.05) is 29.6 Å². The minimum absolute atomic E-state index is 0.378. The molecule has 0 radical (unpaired) electrons. The molecule has 2 rings (SSSR count). The van der Waals surface area contributed by atoms with Crippen LogP contribution in [0.15, 0.2) is 28.7 Å². The van der Waals surface area contributed by atoms with Crippen molar-refractivity contribution in [3.05, 3.63) is 28.7 Å². The van der Waals surface area contributed by atoms with Crippen molar-refractivity contribution in [3.63, 3.8) is 0 Å². The molecule has 1 aromatic rings. The third kappa shape index (κ3) is 3.97. The number of likely N-dealkylation sites (tertiary alicyclic amines) is 1. The van der Waals surface area contributed by atoms with Crippen molar-refractivity contribution in [3.8, 4) is 5.75 Å². The Morgan fingerprint density at radius 2 is 2.11 bits per heavy atom. The number of rotatable bonds is 4. The van der Waals surface area contributed by atoms with Crippen molar-refractivity contribution in [2.45, 2.75) is 31.8 Å². The molecule has 1 aromatic carbocycles. The second-order valence-electron chi connectivity index (χ2n) is 4.97. The predicted molar refractivity (Wildman–Crippen MR) is 77.9 cm³/mol. The third-order valence-corrected chi connectivity index (χ3v) is 4.04. The number of nitrogens with two attached hydrogens (primary N) is 1. The van der Waals surface area contributed by atoms with Crippen LogP contribution in [0.2, 0.25) is 0 Å². The van der Waals surface area contributed by atoms with Gasteiger partial charge in [0.2, 0.25) is 0 Å². The van der Waals surface area contributed by atoms with Crippen LogP contribution in [0.4, 0.5) is 0 Å². The van der Waals surface area contributed by atoms with Gasteiger partial charge in [-0.15, -0.1) is 0 Å². The Morgan fingerprint density at radius 1 is 1.39 bits per heavy atom. The zero-order valence-corrected chi connectivity index (χ0v) is 12.4. The summed E-state index contributed by atoms with van der Waals surface area (Å²) in [6, 6.07) is 8.92. The molecule has 18 heavy (non-hydrogen) atoms. The second kappa shape index (κ2) is 6.55. The molecule has 0 aliphatic carbocycles. The van der Waals surface area contributed by atoms with Gasteiger partial charge in [-0.05, 0) is 44.0 Å². The smallest absolute Gasteiger partial charge is 0.119 e. The van der Waals surface area contributed by atoms with Crippen molar-refractivity contribution in [2.75, 3.05) is 19.7 Å². The minimum Gasteiger partial charge on any atom is -0.492 e. The molecule has 1 fully saturated rings. The maximum Gasteiger partial charge on any atom is 0.119 e. The third-order valence-electron chi connectivity index (χ3n) is 3.52. The summed E-state index contributed by atoms with van der Waals surface area (Å²) in [7, 11) is 0. The standard InChI is InChI=1S/C14H21BrN2O/c1-11-10-13(16)6-7-17(11)8-9-18-14-4-2-12(15)3-5-14/h2-5,11,13H,6-10,16H2,1H3. The number of benzene rings is 1. The Labute approximate surface area is 117 Å². The van der Waals surface area contributed by atoms with Crippen LogP contribution in [0, 0.1) is 0 Å². The van der Waals surface area contributed by atoms with Gasteiger partial charge in [0.15, 0.2) is 0 Å². The molecular weight excluding hydrogens is 292 g/mol. The van der Waals surface area contributed by atoms with E-state index in [0.717, 1.165) is 42.8 Å². The van der Waals surface area contributed by atoms with Crippen LogP contribution in [0.1, 0.15) is 19.8 Å². The lowest BCUT2D eigenvalue weighted by Gasteiger charge is -2.36. The monoisotopic (exact) mass is 312 g/mol. The molecule has 0 saturated carbocycles. The molecule has 4 heteroatoms. The van der Waals surface area contributed by atoms with Crippen molar-refractivity contribution < 1.29 is 4.74 Å². The summed E-state index contributed by atoms with van der Waals surface area (Å²) in [5.74, 6) is 0.930. The topological polar surface area (TPSA) is 38.5 Å². The Bertz CT molecular complexity index is 369. The first-order chi connectivity index (χ1) is 8.65. The summed E-state index contributed by atoms with van der Waals surface area (Å²) < 4.78 is 6.82. The van der Waals surface area contributed by atoms with Gasteiger partial charge in [-0.25, -0.2) is 0 Å². The number of hydrogen-bond donors (Lipinski definition) is 1. The molecule has 100 valence electrons. The van der Waals surface area contributed by atoms with Crippen molar-refractivity contribution in [2.24, 2.45) is 5.73 Å². The lowest BCUT2D eigenvalue weighted by Crippen LogP contribution is -2.46. The molecule has 2 atom stereocenters. The summed E-state index contributed by atoms with van der Waals surface area (Å²) >= 11 is 3.41. The van der Waals surface area contributed by atoms with E-state index in [4.69, 9.17) is 10.5 Å². The van der Waals surface area contributed by atoms with E-state index in [1.54, 1.807) is 0 Å². The normalized spacial score (nSPS) is 25.1. The second-order valence-corrected chi connectivity index (χ2v) is 5.89. The fraction of sp³-hybridized carbons (Fsp3) is 0.571. The Hall–Kier alpha value is -0.580.